The Balaban J connectivity index is 2.06. The Bertz CT molecular complexity index is 845. The Morgan fingerprint density at radius 2 is 1.84 bits per heavy atom. The Morgan fingerprint density at radius 1 is 1.12 bits per heavy atom. The molecule has 3 nitrogen and oxygen atoms in total. The van der Waals surface area contributed by atoms with E-state index in [1.165, 1.54) is 0 Å². The van der Waals surface area contributed by atoms with Crippen molar-refractivity contribution in [2.45, 2.75) is 20.3 Å². The predicted molar refractivity (Wildman–Crippen MR) is 99.8 cm³/mol. The van der Waals surface area contributed by atoms with Crippen LogP contribution in [-0.2, 0) is 6.42 Å². The van der Waals surface area contributed by atoms with Gasteiger partial charge in [0.25, 0.3) is 0 Å². The summed E-state index contributed by atoms with van der Waals surface area (Å²) in [6.07, 6.45) is 9.13. The van der Waals surface area contributed by atoms with Gasteiger partial charge in [0.2, 0.25) is 0 Å². The molecule has 1 aliphatic carbocycles. The van der Waals surface area contributed by atoms with Gasteiger partial charge in [-0.2, -0.15) is 0 Å². The Kier molecular flexibility index (Phi) is 4.49. The molecule has 25 heavy (non-hydrogen) atoms. The molecule has 2 N–H and O–H groups in total. The van der Waals surface area contributed by atoms with Crippen molar-refractivity contribution in [3.63, 3.8) is 0 Å². The van der Waals surface area contributed by atoms with Crippen molar-refractivity contribution in [1.29, 1.82) is 0 Å². The van der Waals surface area contributed by atoms with Crippen LogP contribution >= 0.6 is 0 Å². The summed E-state index contributed by atoms with van der Waals surface area (Å²) in [6.45, 7) is 4.35. The molecule has 3 heteroatoms. The third-order valence-corrected chi connectivity index (χ3v) is 4.88. The molecule has 0 bridgehead atoms. The molecule has 0 saturated carbocycles. The van der Waals surface area contributed by atoms with Crippen molar-refractivity contribution >= 4 is 5.97 Å². The van der Waals surface area contributed by atoms with E-state index in [9.17, 15) is 15.0 Å². The Hall–Kier alpha value is -2.81. The van der Waals surface area contributed by atoms with Gasteiger partial charge < -0.3 is 10.2 Å². The molecule has 128 valence electrons. The fraction of sp³-hybridized carbons (Fsp3) is 0.227. The molecular formula is C22H22O3. The van der Waals surface area contributed by atoms with Crippen LogP contribution in [0.5, 0.6) is 5.75 Å². The van der Waals surface area contributed by atoms with Gasteiger partial charge in [0, 0.05) is 5.56 Å². The van der Waals surface area contributed by atoms with Gasteiger partial charge in [-0.15, -0.1) is 0 Å². The number of carboxylic acids is 1. The average molecular weight is 334 g/mol. The van der Waals surface area contributed by atoms with Crippen LogP contribution in [0.3, 0.4) is 0 Å². The van der Waals surface area contributed by atoms with Gasteiger partial charge in [-0.3, -0.25) is 0 Å². The first-order valence-electron chi connectivity index (χ1n) is 8.39. The number of rotatable bonds is 4. The van der Waals surface area contributed by atoms with Gasteiger partial charge in [0.05, 0.1) is 0 Å². The zero-order valence-corrected chi connectivity index (χ0v) is 14.4. The number of carboxylic acid groups (broad SMARTS) is 1. The first-order valence-corrected chi connectivity index (χ1v) is 8.39. The molecule has 3 rings (SSSR count). The highest BCUT2D eigenvalue weighted by Crippen LogP contribution is 2.38. The summed E-state index contributed by atoms with van der Waals surface area (Å²) < 4.78 is 0. The minimum atomic E-state index is -1.12. The second kappa shape index (κ2) is 6.60. The molecule has 2 aromatic carbocycles. The topological polar surface area (TPSA) is 57.5 Å². The maximum absolute atomic E-state index is 11.6. The summed E-state index contributed by atoms with van der Waals surface area (Å²) in [5.41, 5.74) is 2.23. The smallest absolute Gasteiger partial charge is 0.339 e. The lowest BCUT2D eigenvalue weighted by Gasteiger charge is -2.31. The molecule has 1 atom stereocenters. The van der Waals surface area contributed by atoms with Crippen LogP contribution in [0, 0.1) is 11.3 Å². The molecule has 0 aromatic heterocycles. The molecule has 0 fully saturated rings. The third-order valence-electron chi connectivity index (χ3n) is 4.88. The van der Waals surface area contributed by atoms with Crippen LogP contribution in [0.25, 0.3) is 11.1 Å². The zero-order valence-electron chi connectivity index (χ0n) is 14.4. The van der Waals surface area contributed by atoms with Gasteiger partial charge in [-0.25, -0.2) is 4.79 Å². The molecule has 0 aliphatic heterocycles. The van der Waals surface area contributed by atoms with E-state index in [0.29, 0.717) is 12.0 Å². The van der Waals surface area contributed by atoms with E-state index >= 15 is 0 Å². The molecule has 0 heterocycles. The van der Waals surface area contributed by atoms with Crippen molar-refractivity contribution in [2.75, 3.05) is 0 Å². The number of hydrogen-bond acceptors (Lipinski definition) is 2. The molecule has 2 aromatic rings. The Morgan fingerprint density at radius 3 is 2.48 bits per heavy atom. The van der Waals surface area contributed by atoms with Crippen LogP contribution in [0.15, 0.2) is 66.8 Å². The zero-order chi connectivity index (χ0) is 18.0. The van der Waals surface area contributed by atoms with E-state index < -0.39 is 5.97 Å². The second-order valence-corrected chi connectivity index (χ2v) is 7.09. The predicted octanol–water partition coefficient (Wildman–Crippen LogP) is 5.07. The van der Waals surface area contributed by atoms with E-state index in [2.05, 4.69) is 26.0 Å². The van der Waals surface area contributed by atoms with Crippen LogP contribution in [-0.4, -0.2) is 16.2 Å². The third kappa shape index (κ3) is 3.50. The summed E-state index contributed by atoms with van der Waals surface area (Å²) in [6, 6.07) is 12.9. The van der Waals surface area contributed by atoms with Gasteiger partial charge in [-0.05, 0) is 41.0 Å². The van der Waals surface area contributed by atoms with E-state index in [0.717, 1.165) is 11.1 Å². The number of hydrogen-bond donors (Lipinski definition) is 2. The maximum atomic E-state index is 11.6. The molecular weight excluding hydrogens is 312 g/mol. The second-order valence-electron chi connectivity index (χ2n) is 7.09. The lowest BCUT2D eigenvalue weighted by atomic mass is 9.73. The molecule has 0 radical (unpaired) electrons. The number of aromatic carboxylic acids is 1. The highest BCUT2D eigenvalue weighted by Gasteiger charge is 2.27. The standard InChI is InChI=1S/C22H22O3/c1-22(2)11-7-6-10-17(22)12-15-13-18(16-8-4-3-5-9-16)20(23)19(14-15)21(24)25/h3-11,13-14,17,23H,12H2,1-2H3,(H,24,25). The molecule has 0 amide bonds. The maximum Gasteiger partial charge on any atom is 0.339 e. The summed E-state index contributed by atoms with van der Waals surface area (Å²) in [5.74, 6) is -1.03. The largest absolute Gasteiger partial charge is 0.506 e. The van der Waals surface area contributed by atoms with Gasteiger partial charge in [0.15, 0.2) is 0 Å². The highest BCUT2D eigenvalue weighted by atomic mass is 16.4. The van der Waals surface area contributed by atoms with E-state index in [1.54, 1.807) is 6.07 Å². The first kappa shape index (κ1) is 17.0. The fourth-order valence-corrected chi connectivity index (χ4v) is 3.27. The minimum Gasteiger partial charge on any atom is -0.506 e. The quantitative estimate of drug-likeness (QED) is 0.821. The summed E-state index contributed by atoms with van der Waals surface area (Å²) in [5, 5.41) is 19.9. The molecule has 1 unspecified atom stereocenters. The SMILES string of the molecule is CC1(C)C=CC=CC1Cc1cc(C(=O)O)c(O)c(-c2ccccc2)c1. The van der Waals surface area contributed by atoms with Crippen LogP contribution in [0.1, 0.15) is 29.8 Å². The van der Waals surface area contributed by atoms with Gasteiger partial charge in [0.1, 0.15) is 11.3 Å². The van der Waals surface area contributed by atoms with Crippen LogP contribution in [0.2, 0.25) is 0 Å². The lowest BCUT2D eigenvalue weighted by Crippen LogP contribution is -2.23. The van der Waals surface area contributed by atoms with Crippen LogP contribution < -0.4 is 0 Å². The number of aromatic hydroxyl groups is 1. The number of carbonyl (C=O) groups is 1. The highest BCUT2D eigenvalue weighted by molar-refractivity contribution is 5.94. The van der Waals surface area contributed by atoms with Gasteiger partial charge >= 0.3 is 5.97 Å². The summed E-state index contributed by atoms with van der Waals surface area (Å²) in [7, 11) is 0. The molecule has 0 spiro atoms. The monoisotopic (exact) mass is 334 g/mol. The van der Waals surface area contributed by atoms with E-state index in [-0.39, 0.29) is 22.6 Å². The van der Waals surface area contributed by atoms with E-state index in [4.69, 9.17) is 0 Å². The van der Waals surface area contributed by atoms with E-state index in [1.807, 2.05) is 48.6 Å². The van der Waals surface area contributed by atoms with Crippen molar-refractivity contribution in [3.8, 4) is 16.9 Å². The average Bonchev–Trinajstić information content (AvgIpc) is 2.58. The van der Waals surface area contributed by atoms with Crippen molar-refractivity contribution in [3.05, 3.63) is 77.9 Å². The molecule has 1 aliphatic rings. The normalized spacial score (nSPS) is 18.2. The van der Waals surface area contributed by atoms with Crippen LogP contribution in [0.4, 0.5) is 0 Å². The summed E-state index contributed by atoms with van der Waals surface area (Å²) in [4.78, 5) is 11.6. The first-order chi connectivity index (χ1) is 11.9. The Labute approximate surface area is 148 Å². The fourth-order valence-electron chi connectivity index (χ4n) is 3.27. The summed E-state index contributed by atoms with van der Waals surface area (Å²) >= 11 is 0. The minimum absolute atomic E-state index is 0.00291. The lowest BCUT2D eigenvalue weighted by molar-refractivity contribution is 0.0693. The van der Waals surface area contributed by atoms with Crippen molar-refractivity contribution < 1.29 is 15.0 Å². The number of benzene rings is 2. The van der Waals surface area contributed by atoms with Crippen molar-refractivity contribution in [1.82, 2.24) is 0 Å². The van der Waals surface area contributed by atoms with Crippen molar-refractivity contribution in [2.24, 2.45) is 11.3 Å². The number of phenols is 1. The molecule has 0 saturated heterocycles. The van der Waals surface area contributed by atoms with Gasteiger partial charge in [-0.1, -0.05) is 68.5 Å². The number of allylic oxidation sites excluding steroid dienone is 4.